The molecule has 1 aliphatic heterocycles. The van der Waals surface area contributed by atoms with E-state index in [1.807, 2.05) is 11.0 Å². The van der Waals surface area contributed by atoms with E-state index in [4.69, 9.17) is 6.42 Å². The van der Waals surface area contributed by atoms with Gasteiger partial charge in [-0.2, -0.15) is 22.0 Å². The van der Waals surface area contributed by atoms with Crippen LogP contribution in [0.5, 0.6) is 0 Å². The first-order chi connectivity index (χ1) is 16.4. The zero-order valence-electron chi connectivity index (χ0n) is 18.9. The molecule has 2 aliphatic rings. The lowest BCUT2D eigenvalue weighted by molar-refractivity contribution is -0.278. The number of terminal acetylenes is 1. The molecule has 2 atom stereocenters. The second-order valence-electron chi connectivity index (χ2n) is 8.67. The van der Waals surface area contributed by atoms with Gasteiger partial charge in [0.1, 0.15) is 12.0 Å². The third kappa shape index (κ3) is 6.01. The molecule has 7 nitrogen and oxygen atoms in total. The second-order valence-corrected chi connectivity index (χ2v) is 8.67. The summed E-state index contributed by atoms with van der Waals surface area (Å²) in [6.07, 6.45) is 1.65. The van der Waals surface area contributed by atoms with Crippen molar-refractivity contribution in [3.05, 3.63) is 24.3 Å². The summed E-state index contributed by atoms with van der Waals surface area (Å²) in [5, 5.41) is 3.91. The smallest absolute Gasteiger partial charge is 0.367 e. The molecule has 3 rings (SSSR count). The molecule has 0 bridgehead atoms. The highest BCUT2D eigenvalue weighted by Gasteiger charge is 2.57. The Morgan fingerprint density at radius 1 is 1.14 bits per heavy atom. The summed E-state index contributed by atoms with van der Waals surface area (Å²) in [4.78, 5) is 41.4. The topological polar surface area (TPSA) is 81.8 Å². The number of alkyl halides is 5. The number of anilines is 2. The van der Waals surface area contributed by atoms with E-state index in [0.29, 0.717) is 18.2 Å². The van der Waals surface area contributed by atoms with Crippen LogP contribution in [0.4, 0.5) is 33.3 Å². The number of hydrogen-bond acceptors (Lipinski definition) is 4. The standard InChI is InChI=1S/C23H25F5N4O3/c1-3-10-32-18-7-5-4-6-17(18)31(11-15-8-9-15)12-16(21(32)35)30-20(34)14(2)19(33)29-13-22(24,25)23(26,27)28/h1,4-7,14-16H,8-13H2,2H3,(H,29,33)(H,30,34)/t14?,16-/m0/s1. The molecule has 190 valence electrons. The molecule has 0 radical (unpaired) electrons. The highest BCUT2D eigenvalue weighted by molar-refractivity contribution is 6.06. The summed E-state index contributed by atoms with van der Waals surface area (Å²) in [5.41, 5.74) is 1.31. The maximum absolute atomic E-state index is 13.3. The normalized spacial score (nSPS) is 19.3. The molecule has 1 aromatic rings. The molecule has 35 heavy (non-hydrogen) atoms. The van der Waals surface area contributed by atoms with Crippen LogP contribution in [0.1, 0.15) is 19.8 Å². The molecule has 2 N–H and O–H groups in total. The zero-order chi connectivity index (χ0) is 26.0. The van der Waals surface area contributed by atoms with Crippen molar-refractivity contribution in [3.8, 4) is 12.3 Å². The van der Waals surface area contributed by atoms with Gasteiger partial charge in [-0.1, -0.05) is 18.1 Å². The van der Waals surface area contributed by atoms with Crippen LogP contribution in [-0.2, 0) is 14.4 Å². The molecule has 0 aromatic heterocycles. The van der Waals surface area contributed by atoms with E-state index in [9.17, 15) is 36.3 Å². The molecule has 1 heterocycles. The van der Waals surface area contributed by atoms with Crippen molar-refractivity contribution in [3.63, 3.8) is 0 Å². The van der Waals surface area contributed by atoms with Gasteiger partial charge in [0.2, 0.25) is 11.8 Å². The number of halogens is 5. The zero-order valence-corrected chi connectivity index (χ0v) is 18.9. The monoisotopic (exact) mass is 500 g/mol. The van der Waals surface area contributed by atoms with Gasteiger partial charge in [-0.15, -0.1) is 6.42 Å². The lowest BCUT2D eigenvalue weighted by Gasteiger charge is -2.27. The van der Waals surface area contributed by atoms with Crippen molar-refractivity contribution in [2.75, 3.05) is 36.0 Å². The van der Waals surface area contributed by atoms with Crippen molar-refractivity contribution < 1.29 is 36.3 Å². The number of benzene rings is 1. The first-order valence-electron chi connectivity index (χ1n) is 11.0. The Hall–Kier alpha value is -3.36. The van der Waals surface area contributed by atoms with Crippen LogP contribution in [0, 0.1) is 24.2 Å². The fraction of sp³-hybridized carbons (Fsp3) is 0.522. The molecule has 1 saturated carbocycles. The summed E-state index contributed by atoms with van der Waals surface area (Å²) in [7, 11) is 0. The number of rotatable bonds is 8. The maximum atomic E-state index is 13.3. The number of hydrogen-bond donors (Lipinski definition) is 2. The first kappa shape index (κ1) is 26.2. The molecule has 1 aliphatic carbocycles. The fourth-order valence-corrected chi connectivity index (χ4v) is 3.68. The Morgan fingerprint density at radius 2 is 1.77 bits per heavy atom. The average molecular weight is 500 g/mol. The summed E-state index contributed by atoms with van der Waals surface area (Å²) in [5.74, 6) is -6.80. The third-order valence-corrected chi connectivity index (χ3v) is 5.91. The van der Waals surface area contributed by atoms with E-state index >= 15 is 0 Å². The summed E-state index contributed by atoms with van der Waals surface area (Å²) in [6, 6.07) is 5.97. The van der Waals surface area contributed by atoms with E-state index in [2.05, 4.69) is 11.2 Å². The van der Waals surface area contributed by atoms with E-state index in [0.717, 1.165) is 25.5 Å². The van der Waals surface area contributed by atoms with Gasteiger partial charge in [-0.3, -0.25) is 19.3 Å². The summed E-state index contributed by atoms with van der Waals surface area (Å²) >= 11 is 0. The minimum Gasteiger partial charge on any atom is -0.367 e. The Morgan fingerprint density at radius 3 is 2.34 bits per heavy atom. The van der Waals surface area contributed by atoms with Crippen LogP contribution in [0.25, 0.3) is 0 Å². The Balaban J connectivity index is 1.75. The minimum atomic E-state index is -5.85. The van der Waals surface area contributed by atoms with Gasteiger partial charge < -0.3 is 15.5 Å². The van der Waals surface area contributed by atoms with Crippen LogP contribution in [0.15, 0.2) is 24.3 Å². The van der Waals surface area contributed by atoms with E-state index in [1.54, 1.807) is 18.2 Å². The molecule has 12 heteroatoms. The average Bonchev–Trinajstić information content (AvgIpc) is 3.62. The van der Waals surface area contributed by atoms with Crippen molar-refractivity contribution in [1.29, 1.82) is 0 Å². The lowest BCUT2D eigenvalue weighted by Crippen LogP contribution is -2.55. The largest absolute Gasteiger partial charge is 0.455 e. The number of carbonyl (C=O) groups is 3. The highest BCUT2D eigenvalue weighted by Crippen LogP contribution is 2.37. The lowest BCUT2D eigenvalue weighted by atomic mass is 10.1. The molecule has 1 unspecified atom stereocenters. The summed E-state index contributed by atoms with van der Waals surface area (Å²) < 4.78 is 63.2. The third-order valence-electron chi connectivity index (χ3n) is 5.91. The number of amides is 3. The maximum Gasteiger partial charge on any atom is 0.455 e. The SMILES string of the molecule is C#CCN1C(=O)[C@@H](NC(=O)C(C)C(=O)NCC(F)(F)C(F)(F)F)CN(CC2CC2)c2ccccc21. The Kier molecular flexibility index (Phi) is 7.57. The Labute approximate surface area is 199 Å². The van der Waals surface area contributed by atoms with Crippen LogP contribution in [0.2, 0.25) is 0 Å². The fourth-order valence-electron chi connectivity index (χ4n) is 3.68. The number of nitrogens with zero attached hydrogens (tertiary/aromatic N) is 2. The van der Waals surface area contributed by atoms with Gasteiger partial charge >= 0.3 is 12.1 Å². The van der Waals surface area contributed by atoms with Crippen LogP contribution in [-0.4, -0.2) is 62.0 Å². The van der Waals surface area contributed by atoms with Crippen molar-refractivity contribution >= 4 is 29.1 Å². The van der Waals surface area contributed by atoms with Crippen LogP contribution < -0.4 is 20.4 Å². The van der Waals surface area contributed by atoms with Gasteiger partial charge in [0, 0.05) is 13.1 Å². The molecular formula is C23H25F5N4O3. The highest BCUT2D eigenvalue weighted by atomic mass is 19.4. The van der Waals surface area contributed by atoms with E-state index in [-0.39, 0.29) is 13.1 Å². The van der Waals surface area contributed by atoms with Gasteiger partial charge in [0.15, 0.2) is 0 Å². The van der Waals surface area contributed by atoms with Crippen molar-refractivity contribution in [1.82, 2.24) is 10.6 Å². The molecule has 0 spiro atoms. The molecule has 0 saturated heterocycles. The Bertz CT molecular complexity index is 1020. The predicted octanol–water partition coefficient (Wildman–Crippen LogP) is 2.32. The van der Waals surface area contributed by atoms with Gasteiger partial charge in [0.25, 0.3) is 5.91 Å². The number of para-hydroxylation sites is 2. The van der Waals surface area contributed by atoms with Crippen LogP contribution in [0.3, 0.4) is 0 Å². The summed E-state index contributed by atoms with van der Waals surface area (Å²) in [6.45, 7) is -0.339. The number of fused-ring (bicyclic) bond motifs is 1. The van der Waals surface area contributed by atoms with E-state index < -0.39 is 48.3 Å². The second kappa shape index (κ2) is 10.1. The van der Waals surface area contributed by atoms with Crippen molar-refractivity contribution in [2.24, 2.45) is 11.8 Å². The number of carbonyl (C=O) groups excluding carboxylic acids is 3. The van der Waals surface area contributed by atoms with E-state index in [1.165, 1.54) is 10.2 Å². The van der Waals surface area contributed by atoms with Crippen LogP contribution >= 0.6 is 0 Å². The first-order valence-corrected chi connectivity index (χ1v) is 11.0. The van der Waals surface area contributed by atoms with Gasteiger partial charge in [0.05, 0.1) is 24.5 Å². The molecule has 1 aromatic carbocycles. The molecule has 1 fully saturated rings. The quantitative estimate of drug-likeness (QED) is 0.326. The number of nitrogens with one attached hydrogen (secondary N) is 2. The molecule has 3 amide bonds. The van der Waals surface area contributed by atoms with Gasteiger partial charge in [-0.05, 0) is 37.8 Å². The molecular weight excluding hydrogens is 475 g/mol. The minimum absolute atomic E-state index is 0.0691. The van der Waals surface area contributed by atoms with Gasteiger partial charge in [-0.25, -0.2) is 0 Å². The van der Waals surface area contributed by atoms with Crippen molar-refractivity contribution in [2.45, 2.75) is 37.9 Å². The predicted molar refractivity (Wildman–Crippen MR) is 118 cm³/mol.